The van der Waals surface area contributed by atoms with Gasteiger partial charge in [-0.15, -0.1) is 11.3 Å². The van der Waals surface area contributed by atoms with Gasteiger partial charge in [-0.05, 0) is 18.4 Å². The Labute approximate surface area is 72.2 Å². The lowest BCUT2D eigenvalue weighted by molar-refractivity contribution is 0.236. The van der Waals surface area contributed by atoms with Gasteiger partial charge in [0.05, 0.1) is 0 Å². The highest BCUT2D eigenvalue weighted by molar-refractivity contribution is 9.09. The Morgan fingerprint density at radius 2 is 2.50 bits per heavy atom. The maximum Gasteiger partial charge on any atom is 0.151 e. The van der Waals surface area contributed by atoms with Crippen molar-refractivity contribution >= 4 is 27.3 Å². The van der Waals surface area contributed by atoms with Crippen LogP contribution in [0.2, 0.25) is 0 Å². The summed E-state index contributed by atoms with van der Waals surface area (Å²) < 4.78 is 13.3. The van der Waals surface area contributed by atoms with Gasteiger partial charge in [0.2, 0.25) is 0 Å². The molecular formula is C7H8BrFS. The lowest BCUT2D eigenvalue weighted by Crippen LogP contribution is -2.14. The van der Waals surface area contributed by atoms with Crippen molar-refractivity contribution in [3.05, 3.63) is 22.4 Å². The van der Waals surface area contributed by atoms with E-state index < -0.39 is 5.67 Å². The number of hydrogen-bond acceptors (Lipinski definition) is 1. The van der Waals surface area contributed by atoms with Gasteiger partial charge in [-0.25, -0.2) is 4.39 Å². The highest BCUT2D eigenvalue weighted by Gasteiger charge is 2.24. The summed E-state index contributed by atoms with van der Waals surface area (Å²) in [5.74, 6) is 0. The summed E-state index contributed by atoms with van der Waals surface area (Å²) >= 11 is 4.57. The molecule has 0 aliphatic rings. The first-order valence-corrected chi connectivity index (χ1v) is 4.96. The van der Waals surface area contributed by atoms with E-state index in [1.807, 2.05) is 17.5 Å². The summed E-state index contributed by atoms with van der Waals surface area (Å²) in [5, 5.41) is 2.25. The van der Waals surface area contributed by atoms with E-state index in [4.69, 9.17) is 0 Å². The molecule has 0 aliphatic heterocycles. The molecule has 0 spiro atoms. The second-order valence-corrected chi connectivity index (χ2v) is 3.82. The van der Waals surface area contributed by atoms with Crippen molar-refractivity contribution in [2.45, 2.75) is 12.6 Å². The fraction of sp³-hybridized carbons (Fsp3) is 0.429. The number of halogens is 2. The summed E-state index contributed by atoms with van der Waals surface area (Å²) in [6.07, 6.45) is 0. The van der Waals surface area contributed by atoms with Crippen LogP contribution in [-0.4, -0.2) is 5.33 Å². The Bertz CT molecular complexity index is 193. The highest BCUT2D eigenvalue weighted by Crippen LogP contribution is 2.30. The van der Waals surface area contributed by atoms with Crippen molar-refractivity contribution in [2.75, 3.05) is 5.33 Å². The van der Waals surface area contributed by atoms with Crippen LogP contribution in [0.1, 0.15) is 11.8 Å². The lowest BCUT2D eigenvalue weighted by Gasteiger charge is -2.13. The first-order valence-electron chi connectivity index (χ1n) is 2.95. The molecule has 0 bridgehead atoms. The van der Waals surface area contributed by atoms with Gasteiger partial charge in [-0.1, -0.05) is 22.0 Å². The molecule has 0 saturated heterocycles. The highest BCUT2D eigenvalue weighted by atomic mass is 79.9. The lowest BCUT2D eigenvalue weighted by atomic mass is 10.1. The van der Waals surface area contributed by atoms with E-state index in [2.05, 4.69) is 15.9 Å². The normalized spacial score (nSPS) is 16.7. The minimum atomic E-state index is -1.20. The standard InChI is InChI=1S/C7H8BrFS/c1-7(9,5-8)6-3-2-4-10-6/h2-4H,5H2,1H3/t7-/m0/s1. The minimum absolute atomic E-state index is 0.362. The predicted molar refractivity (Wildman–Crippen MR) is 46.6 cm³/mol. The predicted octanol–water partition coefficient (Wildman–Crippen LogP) is 3.33. The third kappa shape index (κ3) is 1.58. The maximum atomic E-state index is 13.3. The van der Waals surface area contributed by atoms with Crippen LogP contribution in [0.25, 0.3) is 0 Å². The Hall–Kier alpha value is 0.110. The molecule has 0 amide bonds. The molecular weight excluding hydrogens is 215 g/mol. The number of hydrogen-bond donors (Lipinski definition) is 0. The molecule has 1 rings (SSSR count). The molecule has 0 unspecified atom stereocenters. The van der Waals surface area contributed by atoms with E-state index in [0.29, 0.717) is 5.33 Å². The molecule has 0 aliphatic carbocycles. The molecule has 0 saturated carbocycles. The molecule has 1 aromatic heterocycles. The van der Waals surface area contributed by atoms with Crippen molar-refractivity contribution < 1.29 is 4.39 Å². The second kappa shape index (κ2) is 3.01. The molecule has 10 heavy (non-hydrogen) atoms. The van der Waals surface area contributed by atoms with E-state index in [-0.39, 0.29) is 0 Å². The Kier molecular flexibility index (Phi) is 2.47. The van der Waals surface area contributed by atoms with Crippen LogP contribution >= 0.6 is 27.3 Å². The fourth-order valence-electron chi connectivity index (χ4n) is 0.641. The van der Waals surface area contributed by atoms with Gasteiger partial charge in [0.1, 0.15) is 0 Å². The molecule has 1 atom stereocenters. The summed E-state index contributed by atoms with van der Waals surface area (Å²) in [6, 6.07) is 3.67. The van der Waals surface area contributed by atoms with E-state index >= 15 is 0 Å². The van der Waals surface area contributed by atoms with Gasteiger partial charge in [-0.2, -0.15) is 0 Å². The van der Waals surface area contributed by atoms with Crippen LogP contribution in [0.4, 0.5) is 4.39 Å². The van der Waals surface area contributed by atoms with Gasteiger partial charge in [0.15, 0.2) is 5.67 Å². The van der Waals surface area contributed by atoms with E-state index in [9.17, 15) is 4.39 Å². The number of rotatable bonds is 2. The zero-order chi connectivity index (χ0) is 7.61. The molecule has 0 fully saturated rings. The Balaban J connectivity index is 2.85. The van der Waals surface area contributed by atoms with Crippen molar-refractivity contribution in [1.29, 1.82) is 0 Å². The maximum absolute atomic E-state index is 13.3. The van der Waals surface area contributed by atoms with Crippen LogP contribution < -0.4 is 0 Å². The van der Waals surface area contributed by atoms with Gasteiger partial charge >= 0.3 is 0 Å². The van der Waals surface area contributed by atoms with E-state index in [0.717, 1.165) is 4.88 Å². The third-order valence-corrected chi connectivity index (χ3v) is 3.45. The molecule has 3 heteroatoms. The smallest absolute Gasteiger partial charge is 0.151 e. The first kappa shape index (κ1) is 8.21. The van der Waals surface area contributed by atoms with E-state index in [1.54, 1.807) is 6.92 Å². The monoisotopic (exact) mass is 222 g/mol. The fourth-order valence-corrected chi connectivity index (χ4v) is 1.91. The quantitative estimate of drug-likeness (QED) is 0.674. The first-order chi connectivity index (χ1) is 4.67. The summed E-state index contributed by atoms with van der Waals surface area (Å²) in [4.78, 5) is 0.782. The summed E-state index contributed by atoms with van der Waals surface area (Å²) in [7, 11) is 0. The SMILES string of the molecule is C[C@](F)(CBr)c1cccs1. The zero-order valence-electron chi connectivity index (χ0n) is 5.60. The molecule has 0 radical (unpaired) electrons. The molecule has 0 aromatic carbocycles. The van der Waals surface area contributed by atoms with Crippen LogP contribution in [0.15, 0.2) is 17.5 Å². The van der Waals surface area contributed by atoms with Gasteiger partial charge in [-0.3, -0.25) is 0 Å². The molecule has 0 N–H and O–H groups in total. The Morgan fingerprint density at radius 1 is 1.80 bits per heavy atom. The zero-order valence-corrected chi connectivity index (χ0v) is 8.01. The number of thiophene rings is 1. The minimum Gasteiger partial charge on any atom is -0.237 e. The summed E-state index contributed by atoms with van der Waals surface area (Å²) in [5.41, 5.74) is -1.20. The van der Waals surface area contributed by atoms with E-state index in [1.165, 1.54) is 11.3 Å². The molecule has 1 heterocycles. The van der Waals surface area contributed by atoms with Crippen LogP contribution in [0.3, 0.4) is 0 Å². The number of alkyl halides is 2. The van der Waals surface area contributed by atoms with Crippen LogP contribution in [0, 0.1) is 0 Å². The van der Waals surface area contributed by atoms with Crippen LogP contribution in [0.5, 0.6) is 0 Å². The average Bonchev–Trinajstić information content (AvgIpc) is 2.38. The second-order valence-electron chi connectivity index (χ2n) is 2.31. The van der Waals surface area contributed by atoms with Crippen molar-refractivity contribution in [1.82, 2.24) is 0 Å². The summed E-state index contributed by atoms with van der Waals surface area (Å²) in [6.45, 7) is 1.58. The topological polar surface area (TPSA) is 0 Å². The Morgan fingerprint density at radius 3 is 2.90 bits per heavy atom. The van der Waals surface area contributed by atoms with Crippen LogP contribution in [-0.2, 0) is 5.67 Å². The van der Waals surface area contributed by atoms with Gasteiger partial charge < -0.3 is 0 Å². The molecule has 1 aromatic rings. The van der Waals surface area contributed by atoms with Gasteiger partial charge in [0, 0.05) is 10.2 Å². The molecule has 56 valence electrons. The molecule has 0 nitrogen and oxygen atoms in total. The van der Waals surface area contributed by atoms with Crippen molar-refractivity contribution in [2.24, 2.45) is 0 Å². The van der Waals surface area contributed by atoms with Crippen molar-refractivity contribution in [3.63, 3.8) is 0 Å². The third-order valence-electron chi connectivity index (χ3n) is 1.29. The van der Waals surface area contributed by atoms with Gasteiger partial charge in [0.25, 0.3) is 0 Å². The largest absolute Gasteiger partial charge is 0.237 e. The average molecular weight is 223 g/mol. The van der Waals surface area contributed by atoms with Crippen molar-refractivity contribution in [3.8, 4) is 0 Å².